The third-order valence-electron chi connectivity index (χ3n) is 3.45. The van der Waals surface area contributed by atoms with Gasteiger partial charge in [0.25, 0.3) is 5.91 Å². The van der Waals surface area contributed by atoms with Gasteiger partial charge in [-0.05, 0) is 42.3 Å². The van der Waals surface area contributed by atoms with Gasteiger partial charge in [-0.3, -0.25) is 4.79 Å². The third-order valence-corrected chi connectivity index (χ3v) is 3.98. The fraction of sp³-hybridized carbons (Fsp3) is 0.278. The number of carbonyl (C=O) groups is 1. The van der Waals surface area contributed by atoms with Crippen LogP contribution < -0.4 is 15.8 Å². The molecule has 1 atom stereocenters. The fourth-order valence-corrected chi connectivity index (χ4v) is 2.23. The van der Waals surface area contributed by atoms with Gasteiger partial charge in [-0.15, -0.1) is 12.4 Å². The Morgan fingerprint density at radius 3 is 2.54 bits per heavy atom. The first-order valence-corrected chi connectivity index (χ1v) is 8.34. The number of halogens is 2. The largest absolute Gasteiger partial charge is 0.488 e. The molecule has 4 nitrogen and oxygen atoms in total. The molecule has 130 valence electrons. The van der Waals surface area contributed by atoms with Gasteiger partial charge in [-0.25, -0.2) is 0 Å². The molecule has 2 rings (SSSR count). The van der Waals surface area contributed by atoms with Crippen LogP contribution in [0, 0.1) is 5.92 Å². The number of rotatable bonds is 7. The monoisotopic (exact) mass is 412 g/mol. The normalized spacial score (nSPS) is 11.3. The van der Waals surface area contributed by atoms with Crippen molar-refractivity contribution in [3.05, 3.63) is 64.1 Å². The van der Waals surface area contributed by atoms with Gasteiger partial charge in [0, 0.05) is 11.0 Å². The first-order valence-electron chi connectivity index (χ1n) is 7.54. The first-order chi connectivity index (χ1) is 11.1. The minimum atomic E-state index is -0.142. The molecule has 24 heavy (non-hydrogen) atoms. The van der Waals surface area contributed by atoms with E-state index in [4.69, 9.17) is 10.5 Å². The van der Waals surface area contributed by atoms with Crippen LogP contribution in [-0.2, 0) is 6.61 Å². The number of ether oxygens (including phenoxy) is 1. The van der Waals surface area contributed by atoms with Crippen LogP contribution >= 0.6 is 28.3 Å². The van der Waals surface area contributed by atoms with E-state index in [1.807, 2.05) is 43.3 Å². The van der Waals surface area contributed by atoms with Crippen LogP contribution in [0.1, 0.15) is 22.8 Å². The molecule has 1 unspecified atom stereocenters. The van der Waals surface area contributed by atoms with E-state index >= 15 is 0 Å². The molecule has 0 bridgehead atoms. The lowest BCUT2D eigenvalue weighted by molar-refractivity contribution is 0.0944. The summed E-state index contributed by atoms with van der Waals surface area (Å²) in [5, 5.41) is 2.89. The van der Waals surface area contributed by atoms with E-state index < -0.39 is 0 Å². The van der Waals surface area contributed by atoms with Crippen molar-refractivity contribution in [2.24, 2.45) is 11.7 Å². The molecular weight excluding hydrogens is 392 g/mol. The zero-order valence-electron chi connectivity index (χ0n) is 13.5. The Bertz CT molecular complexity index is 650. The van der Waals surface area contributed by atoms with E-state index in [2.05, 4.69) is 21.2 Å². The van der Waals surface area contributed by atoms with Crippen LogP contribution in [-0.4, -0.2) is 19.0 Å². The van der Waals surface area contributed by atoms with Crippen molar-refractivity contribution in [3.63, 3.8) is 0 Å². The third kappa shape index (κ3) is 6.15. The second-order valence-electron chi connectivity index (χ2n) is 5.46. The molecule has 6 heteroatoms. The predicted molar refractivity (Wildman–Crippen MR) is 103 cm³/mol. The van der Waals surface area contributed by atoms with Crippen molar-refractivity contribution in [1.29, 1.82) is 0 Å². The van der Waals surface area contributed by atoms with E-state index in [9.17, 15) is 4.79 Å². The molecule has 2 aromatic rings. The van der Waals surface area contributed by atoms with Crippen LogP contribution in [0.4, 0.5) is 0 Å². The molecule has 0 aliphatic rings. The highest BCUT2D eigenvalue weighted by atomic mass is 79.9. The number of para-hydroxylation sites is 1. The molecule has 0 saturated heterocycles. The highest BCUT2D eigenvalue weighted by Gasteiger charge is 2.12. The number of carbonyl (C=O) groups excluding carboxylic acids is 1. The summed E-state index contributed by atoms with van der Waals surface area (Å²) in [5.41, 5.74) is 7.15. The number of amides is 1. The van der Waals surface area contributed by atoms with Gasteiger partial charge >= 0.3 is 0 Å². The molecule has 0 radical (unpaired) electrons. The van der Waals surface area contributed by atoms with Crippen LogP contribution in [0.25, 0.3) is 0 Å². The highest BCUT2D eigenvalue weighted by molar-refractivity contribution is 9.10. The molecule has 2 aromatic carbocycles. The lowest BCUT2D eigenvalue weighted by Crippen LogP contribution is -2.31. The molecule has 0 aromatic heterocycles. The summed E-state index contributed by atoms with van der Waals surface area (Å²) in [5.74, 6) is 0.680. The van der Waals surface area contributed by atoms with Gasteiger partial charge < -0.3 is 15.8 Å². The minimum absolute atomic E-state index is 0. The highest BCUT2D eigenvalue weighted by Crippen LogP contribution is 2.20. The quantitative estimate of drug-likeness (QED) is 0.726. The molecule has 0 saturated carbocycles. The average molecular weight is 414 g/mol. The Hall–Kier alpha value is -1.56. The topological polar surface area (TPSA) is 64.3 Å². The summed E-state index contributed by atoms with van der Waals surface area (Å²) in [4.78, 5) is 12.3. The van der Waals surface area contributed by atoms with Gasteiger partial charge in [-0.1, -0.05) is 47.1 Å². The standard InChI is InChI=1S/C18H21BrN2O2.ClH/c1-13(10-20)11-21-18(22)16-4-2-3-5-17(16)23-12-14-6-8-15(19)9-7-14;/h2-9,13H,10-12,20H2,1H3,(H,21,22);1H. The summed E-state index contributed by atoms with van der Waals surface area (Å²) in [6, 6.07) is 15.1. The van der Waals surface area contributed by atoms with Crippen LogP contribution in [0.2, 0.25) is 0 Å². The predicted octanol–water partition coefficient (Wildman–Crippen LogP) is 3.77. The van der Waals surface area contributed by atoms with Crippen molar-refractivity contribution in [1.82, 2.24) is 5.32 Å². The molecule has 0 spiro atoms. The average Bonchev–Trinajstić information content (AvgIpc) is 2.59. The Balaban J connectivity index is 0.00000288. The van der Waals surface area contributed by atoms with Gasteiger partial charge in [0.05, 0.1) is 5.56 Å². The molecule has 0 aliphatic heterocycles. The lowest BCUT2D eigenvalue weighted by atomic mass is 10.1. The van der Waals surface area contributed by atoms with Crippen molar-refractivity contribution in [2.75, 3.05) is 13.1 Å². The second-order valence-corrected chi connectivity index (χ2v) is 6.38. The smallest absolute Gasteiger partial charge is 0.255 e. The van der Waals surface area contributed by atoms with Crippen LogP contribution in [0.3, 0.4) is 0 Å². The molecule has 0 heterocycles. The first kappa shape index (κ1) is 20.5. The number of benzene rings is 2. The molecule has 0 fully saturated rings. The van der Waals surface area contributed by atoms with Crippen molar-refractivity contribution in [3.8, 4) is 5.75 Å². The lowest BCUT2D eigenvalue weighted by Gasteiger charge is -2.13. The van der Waals surface area contributed by atoms with Crippen LogP contribution in [0.5, 0.6) is 5.75 Å². The number of hydrogen-bond acceptors (Lipinski definition) is 3. The second kappa shape index (κ2) is 10.3. The van der Waals surface area contributed by atoms with E-state index in [1.54, 1.807) is 12.1 Å². The maximum absolute atomic E-state index is 12.3. The summed E-state index contributed by atoms with van der Waals surface area (Å²) in [6.45, 7) is 3.51. The summed E-state index contributed by atoms with van der Waals surface area (Å²) < 4.78 is 6.84. The zero-order chi connectivity index (χ0) is 16.7. The summed E-state index contributed by atoms with van der Waals surface area (Å²) in [7, 11) is 0. The van der Waals surface area contributed by atoms with Crippen molar-refractivity contribution in [2.45, 2.75) is 13.5 Å². The summed E-state index contributed by atoms with van der Waals surface area (Å²) >= 11 is 3.40. The van der Waals surface area contributed by atoms with E-state index in [-0.39, 0.29) is 24.2 Å². The summed E-state index contributed by atoms with van der Waals surface area (Å²) in [6.07, 6.45) is 0. The van der Waals surface area contributed by atoms with E-state index in [1.165, 1.54) is 0 Å². The van der Waals surface area contributed by atoms with E-state index in [0.29, 0.717) is 31.0 Å². The van der Waals surface area contributed by atoms with Gasteiger partial charge in [0.15, 0.2) is 0 Å². The van der Waals surface area contributed by atoms with E-state index in [0.717, 1.165) is 10.0 Å². The minimum Gasteiger partial charge on any atom is -0.488 e. The number of hydrogen-bond donors (Lipinski definition) is 2. The molecule has 1 amide bonds. The molecular formula is C18H22BrClN2O2. The Labute approximate surface area is 157 Å². The maximum Gasteiger partial charge on any atom is 0.255 e. The number of nitrogens with two attached hydrogens (primary N) is 1. The zero-order valence-corrected chi connectivity index (χ0v) is 15.9. The Kier molecular flexibility index (Phi) is 8.82. The molecule has 3 N–H and O–H groups in total. The van der Waals surface area contributed by atoms with Crippen molar-refractivity contribution < 1.29 is 9.53 Å². The van der Waals surface area contributed by atoms with Crippen LogP contribution in [0.15, 0.2) is 53.0 Å². The number of nitrogens with one attached hydrogen (secondary N) is 1. The van der Waals surface area contributed by atoms with Gasteiger partial charge in [0.2, 0.25) is 0 Å². The SMILES string of the molecule is CC(CN)CNC(=O)c1ccccc1OCc1ccc(Br)cc1.Cl. The van der Waals surface area contributed by atoms with Gasteiger partial charge in [-0.2, -0.15) is 0 Å². The fourth-order valence-electron chi connectivity index (χ4n) is 1.97. The maximum atomic E-state index is 12.3. The Morgan fingerprint density at radius 2 is 1.88 bits per heavy atom. The van der Waals surface area contributed by atoms with Gasteiger partial charge in [0.1, 0.15) is 12.4 Å². The molecule has 0 aliphatic carbocycles. The Morgan fingerprint density at radius 1 is 1.21 bits per heavy atom. The van der Waals surface area contributed by atoms with Crippen molar-refractivity contribution >= 4 is 34.2 Å².